The van der Waals surface area contributed by atoms with E-state index in [1.807, 2.05) is 27.7 Å². The van der Waals surface area contributed by atoms with Crippen LogP contribution >= 0.6 is 0 Å². The first-order valence-corrected chi connectivity index (χ1v) is 22.5. The first kappa shape index (κ1) is 40.1. The topological polar surface area (TPSA) is 224 Å². The minimum Gasteiger partial charge on any atom is -0.327 e. The number of hydrogen-bond donors (Lipinski definition) is 4. The van der Waals surface area contributed by atoms with E-state index >= 15 is 0 Å². The van der Waals surface area contributed by atoms with Gasteiger partial charge in [0.25, 0.3) is 36.2 Å². The van der Waals surface area contributed by atoms with Crippen molar-refractivity contribution in [3.63, 3.8) is 0 Å². The molecule has 4 aromatic rings. The molecule has 0 aromatic heterocycles. The Morgan fingerprint density at radius 3 is 1.69 bits per heavy atom. The molecular formula is C37H37N2O12S4+. The summed E-state index contributed by atoms with van der Waals surface area (Å²) in [5.41, 5.74) is 1.73. The summed E-state index contributed by atoms with van der Waals surface area (Å²) in [7, 11) is -17.9. The molecule has 2 heterocycles. The van der Waals surface area contributed by atoms with Crippen LogP contribution in [0.15, 0.2) is 119 Å². The van der Waals surface area contributed by atoms with E-state index in [0.29, 0.717) is 55.5 Å². The zero-order valence-corrected chi connectivity index (χ0v) is 33.1. The highest BCUT2D eigenvalue weighted by Gasteiger charge is 2.47. The van der Waals surface area contributed by atoms with Crippen molar-refractivity contribution in [1.29, 1.82) is 0 Å². The second-order valence-corrected chi connectivity index (χ2v) is 19.9. The Hall–Kier alpha value is -4.53. The predicted molar refractivity (Wildman–Crippen MR) is 209 cm³/mol. The highest BCUT2D eigenvalue weighted by Crippen LogP contribution is 2.51. The standard InChI is InChI=1S/C37H36N2O12S4/c1-36(2)32(38(22-52(40,41)42)30-18-12-24-20-26(54(46,47)48)14-16-28(24)34(30)36)10-8-6-5-7-9-11-33-37(3,4)35-29-17-15-27(55(49,50)51)21-25(29)13-19-31(35)39(33)23-53(43,44)45/h5-21H,22-23H2,1-4H3,(H3-,40,41,42,43,44,45,46,47,48,49,50,51)/p+1. The van der Waals surface area contributed by atoms with Gasteiger partial charge in [0, 0.05) is 34.5 Å². The number of anilines is 1. The number of hydrogen-bond acceptors (Lipinski definition) is 9. The molecular weight excluding hydrogens is 793 g/mol. The molecule has 0 spiro atoms. The van der Waals surface area contributed by atoms with Crippen LogP contribution in [0.25, 0.3) is 21.5 Å². The number of fused-ring (bicyclic) bond motifs is 6. The maximum absolute atomic E-state index is 12.1. The lowest BCUT2D eigenvalue weighted by atomic mass is 9.79. The Bertz CT molecular complexity index is 2920. The summed E-state index contributed by atoms with van der Waals surface area (Å²) in [6, 6.07) is 14.7. The molecule has 0 fully saturated rings. The molecule has 2 aliphatic rings. The average Bonchev–Trinajstić information content (AvgIpc) is 3.39. The molecule has 14 nitrogen and oxygen atoms in total. The van der Waals surface area contributed by atoms with E-state index in [0.717, 1.165) is 0 Å². The van der Waals surface area contributed by atoms with E-state index in [-0.39, 0.29) is 9.79 Å². The predicted octanol–water partition coefficient (Wildman–Crippen LogP) is 5.90. The molecule has 18 heteroatoms. The molecule has 290 valence electrons. The normalized spacial score (nSPS) is 18.2. The number of rotatable bonds is 10. The quantitative estimate of drug-likeness (QED) is 0.0831. The van der Waals surface area contributed by atoms with Gasteiger partial charge in [0.15, 0.2) is 11.6 Å². The second-order valence-electron chi connectivity index (χ2n) is 14.2. The zero-order valence-electron chi connectivity index (χ0n) is 29.8. The van der Waals surface area contributed by atoms with Crippen LogP contribution in [0.5, 0.6) is 0 Å². The van der Waals surface area contributed by atoms with Crippen LogP contribution in [0.4, 0.5) is 11.4 Å². The van der Waals surface area contributed by atoms with E-state index in [2.05, 4.69) is 0 Å². The number of benzene rings is 4. The van der Waals surface area contributed by atoms with Crippen molar-refractivity contribution in [2.75, 3.05) is 16.7 Å². The Balaban J connectivity index is 1.33. The minimum atomic E-state index is -4.50. The minimum absolute atomic E-state index is 0.291. The molecule has 0 saturated heterocycles. The smallest absolute Gasteiger partial charge is 0.326 e. The average molecular weight is 830 g/mol. The molecule has 0 bridgehead atoms. The summed E-state index contributed by atoms with van der Waals surface area (Å²) in [6.45, 7) is 7.44. The fourth-order valence-electron chi connectivity index (χ4n) is 7.55. The van der Waals surface area contributed by atoms with E-state index < -0.39 is 63.1 Å². The Morgan fingerprint density at radius 2 is 1.15 bits per heavy atom. The molecule has 2 aliphatic heterocycles. The Labute approximate surface area is 319 Å². The van der Waals surface area contributed by atoms with Crippen molar-refractivity contribution in [3.05, 3.63) is 120 Å². The van der Waals surface area contributed by atoms with E-state index in [9.17, 15) is 51.9 Å². The fraction of sp³-hybridized carbons (Fsp3) is 0.216. The maximum atomic E-state index is 12.1. The third kappa shape index (κ3) is 7.81. The largest absolute Gasteiger partial charge is 0.327 e. The van der Waals surface area contributed by atoms with Crippen LogP contribution in [0.1, 0.15) is 38.8 Å². The monoisotopic (exact) mass is 829 g/mol. The van der Waals surface area contributed by atoms with Crippen molar-refractivity contribution < 1.29 is 56.5 Å². The summed E-state index contributed by atoms with van der Waals surface area (Å²) >= 11 is 0. The number of nitrogens with zero attached hydrogens (tertiary/aromatic N) is 2. The van der Waals surface area contributed by atoms with E-state index in [4.69, 9.17) is 0 Å². The van der Waals surface area contributed by atoms with Crippen molar-refractivity contribution in [1.82, 2.24) is 0 Å². The van der Waals surface area contributed by atoms with Gasteiger partial charge in [0.05, 0.1) is 15.2 Å². The molecule has 0 atom stereocenters. The molecule has 0 unspecified atom stereocenters. The van der Waals surface area contributed by atoms with Crippen molar-refractivity contribution in [3.8, 4) is 0 Å². The Kier molecular flexibility index (Phi) is 9.92. The van der Waals surface area contributed by atoms with Crippen LogP contribution in [0, 0.1) is 0 Å². The first-order chi connectivity index (χ1) is 25.3. The van der Waals surface area contributed by atoms with Gasteiger partial charge in [-0.3, -0.25) is 18.2 Å². The third-order valence-corrected chi connectivity index (χ3v) is 12.6. The van der Waals surface area contributed by atoms with E-state index in [1.54, 1.807) is 78.9 Å². The first-order valence-electron chi connectivity index (χ1n) is 16.5. The van der Waals surface area contributed by atoms with Crippen LogP contribution in [-0.4, -0.2) is 73.9 Å². The van der Waals surface area contributed by atoms with Crippen LogP contribution in [-0.2, 0) is 51.3 Å². The van der Waals surface area contributed by atoms with Gasteiger partial charge >= 0.3 is 10.1 Å². The lowest BCUT2D eigenvalue weighted by Crippen LogP contribution is -2.30. The molecule has 0 saturated carbocycles. The maximum Gasteiger partial charge on any atom is 0.326 e. The fourth-order valence-corrected chi connectivity index (χ4v) is 9.80. The summed E-state index contributed by atoms with van der Waals surface area (Å²) in [5.74, 6) is -1.49. The molecule has 0 radical (unpaired) electrons. The molecule has 55 heavy (non-hydrogen) atoms. The zero-order chi connectivity index (χ0) is 40.5. The van der Waals surface area contributed by atoms with Crippen LogP contribution in [0.2, 0.25) is 0 Å². The Morgan fingerprint density at radius 1 is 0.618 bits per heavy atom. The van der Waals surface area contributed by atoms with E-state index in [1.165, 1.54) is 33.7 Å². The number of allylic oxidation sites excluding steroid dienone is 8. The summed E-state index contributed by atoms with van der Waals surface area (Å²) in [6.07, 6.45) is 11.7. The molecule has 0 aliphatic carbocycles. The molecule has 4 aromatic carbocycles. The lowest BCUT2D eigenvalue weighted by Gasteiger charge is -2.26. The van der Waals surface area contributed by atoms with Gasteiger partial charge in [0.2, 0.25) is 5.69 Å². The van der Waals surface area contributed by atoms with Gasteiger partial charge in [-0.15, -0.1) is 0 Å². The van der Waals surface area contributed by atoms with Gasteiger partial charge in [-0.25, -0.2) is 0 Å². The van der Waals surface area contributed by atoms with Gasteiger partial charge in [-0.2, -0.15) is 38.2 Å². The molecule has 4 N–H and O–H groups in total. The summed E-state index contributed by atoms with van der Waals surface area (Å²) in [5, 5.41) is 2.25. The highest BCUT2D eigenvalue weighted by molar-refractivity contribution is 7.86. The lowest BCUT2D eigenvalue weighted by molar-refractivity contribution is -0.415. The summed E-state index contributed by atoms with van der Waals surface area (Å²) in [4.78, 5) is 0.879. The summed E-state index contributed by atoms with van der Waals surface area (Å²) < 4.78 is 136. The van der Waals surface area contributed by atoms with Crippen molar-refractivity contribution in [2.24, 2.45) is 0 Å². The van der Waals surface area contributed by atoms with Gasteiger partial charge in [-0.1, -0.05) is 62.4 Å². The van der Waals surface area contributed by atoms with Crippen LogP contribution in [0.3, 0.4) is 0 Å². The molecule has 0 amide bonds. The molecule has 6 rings (SSSR count). The van der Waals surface area contributed by atoms with Gasteiger partial charge in [0.1, 0.15) is 0 Å². The highest BCUT2D eigenvalue weighted by atomic mass is 32.2. The SMILES string of the molecule is CC1(C)C(=CC=CC=CC=CC2=[N+](CS(=O)(=O)O)c3ccc4cc(S(=O)(=O)O)ccc4c3C2(C)C)N(CS(=O)(=O)O)c2ccc3cc(S(=O)(=O)O)ccc3c21. The van der Waals surface area contributed by atoms with Gasteiger partial charge < -0.3 is 4.90 Å². The van der Waals surface area contributed by atoms with Crippen LogP contribution < -0.4 is 4.90 Å². The van der Waals surface area contributed by atoms with Crippen molar-refractivity contribution in [2.45, 2.75) is 48.3 Å². The second kappa shape index (κ2) is 13.6. The van der Waals surface area contributed by atoms with Crippen molar-refractivity contribution >= 4 is 79.1 Å². The third-order valence-electron chi connectivity index (χ3n) is 9.77. The van der Waals surface area contributed by atoms with Gasteiger partial charge in [-0.05, 0) is 83.4 Å².